The molecule has 3 aromatic rings. The van der Waals surface area contributed by atoms with Crippen LogP contribution < -0.4 is 4.90 Å². The number of benzene rings is 2. The van der Waals surface area contributed by atoms with Crippen LogP contribution in [0.5, 0.6) is 0 Å². The molecule has 8 heteroatoms. The van der Waals surface area contributed by atoms with Gasteiger partial charge in [-0.2, -0.15) is 13.2 Å². The van der Waals surface area contributed by atoms with Crippen molar-refractivity contribution in [3.05, 3.63) is 65.5 Å². The zero-order valence-corrected chi connectivity index (χ0v) is 16.9. The van der Waals surface area contributed by atoms with Crippen LogP contribution in [0, 0.1) is 6.92 Å². The maximum Gasteiger partial charge on any atom is 0.416 e. The molecule has 0 radical (unpaired) electrons. The van der Waals surface area contributed by atoms with Crippen LogP contribution in [0.15, 0.2) is 52.9 Å². The summed E-state index contributed by atoms with van der Waals surface area (Å²) in [4.78, 5) is 4.18. The van der Waals surface area contributed by atoms with Crippen LogP contribution >= 0.6 is 0 Å². The van der Waals surface area contributed by atoms with E-state index in [9.17, 15) is 13.2 Å². The van der Waals surface area contributed by atoms with E-state index in [0.717, 1.165) is 17.2 Å². The molecule has 0 spiro atoms. The normalized spacial score (nSPS) is 16.6. The number of anilines is 1. The van der Waals surface area contributed by atoms with Gasteiger partial charge in [-0.15, -0.1) is 10.2 Å². The number of halogens is 3. The summed E-state index contributed by atoms with van der Waals surface area (Å²) < 4.78 is 44.9. The number of alkyl halides is 3. The summed E-state index contributed by atoms with van der Waals surface area (Å²) in [6, 6.07) is 13.3. The summed E-state index contributed by atoms with van der Waals surface area (Å²) in [5.74, 6) is 1.03. The molecule has 158 valence electrons. The Hall–Kier alpha value is -2.87. The average molecular weight is 416 g/mol. The van der Waals surface area contributed by atoms with Crippen molar-refractivity contribution in [2.24, 2.45) is 0 Å². The van der Waals surface area contributed by atoms with Crippen molar-refractivity contribution in [3.63, 3.8) is 0 Å². The molecule has 1 fully saturated rings. The molecule has 0 saturated carbocycles. The van der Waals surface area contributed by atoms with Crippen molar-refractivity contribution >= 4 is 5.69 Å². The quantitative estimate of drug-likeness (QED) is 0.602. The minimum absolute atomic E-state index is 0.0697. The van der Waals surface area contributed by atoms with E-state index in [1.807, 2.05) is 43.0 Å². The smallest absolute Gasteiger partial charge is 0.416 e. The standard InChI is InChI=1S/C22H23F3N4O/c1-15-5-3-6-17(13-15)21-27-26-20(30-21)16(2)28-9-11-29(12-10-28)19-8-4-7-18(14-19)22(23,24)25/h3-8,13-14,16H,9-12H2,1-2H3/t16-/m1/s1. The highest BCUT2D eigenvalue weighted by Crippen LogP contribution is 2.32. The third kappa shape index (κ3) is 4.33. The first kappa shape index (κ1) is 20.4. The van der Waals surface area contributed by atoms with E-state index in [0.29, 0.717) is 43.6 Å². The molecule has 2 heterocycles. The first-order valence-corrected chi connectivity index (χ1v) is 9.88. The number of aromatic nitrogens is 2. The Labute approximate surface area is 173 Å². The number of nitrogens with zero attached hydrogens (tertiary/aromatic N) is 4. The fourth-order valence-electron chi connectivity index (χ4n) is 3.70. The maximum atomic E-state index is 13.0. The summed E-state index contributed by atoms with van der Waals surface area (Å²) >= 11 is 0. The Kier molecular flexibility index (Phi) is 5.51. The molecule has 1 aliphatic heterocycles. The average Bonchev–Trinajstić information content (AvgIpc) is 3.23. The van der Waals surface area contributed by atoms with Gasteiger partial charge < -0.3 is 9.32 Å². The SMILES string of the molecule is Cc1cccc(-c2nnc([C@@H](C)N3CCN(c4cccc(C(F)(F)F)c4)CC3)o2)c1. The molecule has 5 nitrogen and oxygen atoms in total. The van der Waals surface area contributed by atoms with Crippen LogP contribution in [0.25, 0.3) is 11.5 Å². The molecule has 4 rings (SSSR count). The zero-order valence-electron chi connectivity index (χ0n) is 16.9. The second kappa shape index (κ2) is 8.10. The molecule has 1 aromatic heterocycles. The molecule has 1 atom stereocenters. The number of hydrogen-bond donors (Lipinski definition) is 0. The number of piperazine rings is 1. The molecular formula is C22H23F3N4O. The van der Waals surface area contributed by atoms with Gasteiger partial charge in [-0.3, -0.25) is 4.90 Å². The van der Waals surface area contributed by atoms with Gasteiger partial charge in [0.25, 0.3) is 0 Å². The third-order valence-electron chi connectivity index (χ3n) is 5.46. The van der Waals surface area contributed by atoms with Gasteiger partial charge >= 0.3 is 6.18 Å². The predicted molar refractivity (Wildman–Crippen MR) is 108 cm³/mol. The monoisotopic (exact) mass is 416 g/mol. The van der Waals surface area contributed by atoms with E-state index in [1.165, 1.54) is 12.1 Å². The van der Waals surface area contributed by atoms with Crippen LogP contribution in [0.1, 0.15) is 30.0 Å². The van der Waals surface area contributed by atoms with Crippen molar-refractivity contribution < 1.29 is 17.6 Å². The largest absolute Gasteiger partial charge is 0.419 e. The summed E-state index contributed by atoms with van der Waals surface area (Å²) in [5, 5.41) is 8.39. The highest BCUT2D eigenvalue weighted by Gasteiger charge is 2.31. The van der Waals surface area contributed by atoms with Gasteiger partial charge in [-0.1, -0.05) is 23.8 Å². The number of rotatable bonds is 4. The first-order chi connectivity index (χ1) is 14.3. The lowest BCUT2D eigenvalue weighted by Gasteiger charge is -2.38. The van der Waals surface area contributed by atoms with E-state index >= 15 is 0 Å². The topological polar surface area (TPSA) is 45.4 Å². The summed E-state index contributed by atoms with van der Waals surface area (Å²) in [6.07, 6.45) is -4.33. The molecule has 0 N–H and O–H groups in total. The van der Waals surface area contributed by atoms with Crippen molar-refractivity contribution in [1.29, 1.82) is 0 Å². The molecule has 1 aliphatic rings. The van der Waals surface area contributed by atoms with E-state index in [1.54, 1.807) is 6.07 Å². The Morgan fingerprint density at radius 2 is 1.70 bits per heavy atom. The van der Waals surface area contributed by atoms with Gasteiger partial charge in [0.2, 0.25) is 11.8 Å². The van der Waals surface area contributed by atoms with Gasteiger partial charge in [-0.25, -0.2) is 0 Å². The predicted octanol–water partition coefficient (Wildman–Crippen LogP) is 4.95. The molecule has 0 amide bonds. The molecule has 0 bridgehead atoms. The second-order valence-corrected chi connectivity index (χ2v) is 7.56. The van der Waals surface area contributed by atoms with Crippen LogP contribution in [0.3, 0.4) is 0 Å². The highest BCUT2D eigenvalue weighted by molar-refractivity contribution is 5.53. The van der Waals surface area contributed by atoms with Crippen LogP contribution in [-0.4, -0.2) is 41.3 Å². The molecule has 0 unspecified atom stereocenters. The van der Waals surface area contributed by atoms with Crippen molar-refractivity contribution in [2.45, 2.75) is 26.1 Å². The van der Waals surface area contributed by atoms with Crippen LogP contribution in [0.2, 0.25) is 0 Å². The first-order valence-electron chi connectivity index (χ1n) is 9.88. The van der Waals surface area contributed by atoms with Crippen LogP contribution in [-0.2, 0) is 6.18 Å². The van der Waals surface area contributed by atoms with Gasteiger partial charge in [-0.05, 0) is 44.2 Å². The Morgan fingerprint density at radius 1 is 0.967 bits per heavy atom. The van der Waals surface area contributed by atoms with Gasteiger partial charge in [0, 0.05) is 37.4 Å². The van der Waals surface area contributed by atoms with Gasteiger partial charge in [0.15, 0.2) is 0 Å². The lowest BCUT2D eigenvalue weighted by molar-refractivity contribution is -0.137. The van der Waals surface area contributed by atoms with Gasteiger partial charge in [0.05, 0.1) is 11.6 Å². The summed E-state index contributed by atoms with van der Waals surface area (Å²) in [5.41, 5.74) is 1.98. The third-order valence-corrected chi connectivity index (χ3v) is 5.46. The molecule has 0 aliphatic carbocycles. The number of aryl methyl sites for hydroxylation is 1. The van der Waals surface area contributed by atoms with Crippen molar-refractivity contribution in [2.75, 3.05) is 31.1 Å². The lowest BCUT2D eigenvalue weighted by Crippen LogP contribution is -2.47. The highest BCUT2D eigenvalue weighted by atomic mass is 19.4. The van der Waals surface area contributed by atoms with Crippen molar-refractivity contribution in [1.82, 2.24) is 15.1 Å². The van der Waals surface area contributed by atoms with Crippen LogP contribution in [0.4, 0.5) is 18.9 Å². The van der Waals surface area contributed by atoms with E-state index in [2.05, 4.69) is 15.1 Å². The van der Waals surface area contributed by atoms with Crippen molar-refractivity contribution in [3.8, 4) is 11.5 Å². The molecule has 1 saturated heterocycles. The second-order valence-electron chi connectivity index (χ2n) is 7.56. The molecule has 2 aromatic carbocycles. The number of hydrogen-bond acceptors (Lipinski definition) is 5. The summed E-state index contributed by atoms with van der Waals surface area (Å²) in [7, 11) is 0. The molecular weight excluding hydrogens is 393 g/mol. The zero-order chi connectivity index (χ0) is 21.3. The fourth-order valence-corrected chi connectivity index (χ4v) is 3.70. The molecule has 30 heavy (non-hydrogen) atoms. The Bertz CT molecular complexity index is 1010. The maximum absolute atomic E-state index is 13.0. The Balaban J connectivity index is 1.41. The lowest BCUT2D eigenvalue weighted by atomic mass is 10.1. The van der Waals surface area contributed by atoms with Gasteiger partial charge in [0.1, 0.15) is 0 Å². The van der Waals surface area contributed by atoms with E-state index in [-0.39, 0.29) is 6.04 Å². The summed E-state index contributed by atoms with van der Waals surface area (Å²) in [6.45, 7) is 6.66. The minimum Gasteiger partial charge on any atom is -0.419 e. The van der Waals surface area contributed by atoms with E-state index < -0.39 is 11.7 Å². The minimum atomic E-state index is -4.33. The fraction of sp³-hybridized carbons (Fsp3) is 0.364. The Morgan fingerprint density at radius 3 is 2.40 bits per heavy atom. The van der Waals surface area contributed by atoms with E-state index in [4.69, 9.17) is 4.42 Å².